The highest BCUT2D eigenvalue weighted by atomic mass is 32.1. The molecule has 2 fully saturated rings. The number of aromatic nitrogens is 1. The van der Waals surface area contributed by atoms with Crippen LogP contribution in [0.4, 0.5) is 5.13 Å². The summed E-state index contributed by atoms with van der Waals surface area (Å²) in [5.41, 5.74) is 10.5. The number of methoxy groups -OCH3 is 1. The third-order valence-corrected chi connectivity index (χ3v) is 8.24. The van der Waals surface area contributed by atoms with E-state index >= 15 is 0 Å². The monoisotopic (exact) mass is 383 g/mol. The fourth-order valence-corrected chi connectivity index (χ4v) is 6.89. The standard InChI is InChI=1S/C21H25N3O2S/c1-25-13-3-2-12-6-18-16-8-19-17(23-20(22)27-19)9-21(16,15(12)7-13)4-5-24(18)10-14-11-26-14/h2-3,7,14,16,18H,4-6,8-11H2,1H3,(H2,22,23)/t14?,16-,18+,21+/m0/s1. The third kappa shape index (κ3) is 2.39. The fraction of sp³-hybridized carbons (Fsp3) is 0.571. The Kier molecular flexibility index (Phi) is 3.44. The zero-order chi connectivity index (χ0) is 18.2. The fourth-order valence-electron chi connectivity index (χ4n) is 5.98. The number of piperidine rings is 1. The maximum absolute atomic E-state index is 6.08. The van der Waals surface area contributed by atoms with E-state index in [4.69, 9.17) is 20.2 Å². The number of nitrogens with two attached hydrogens (primary N) is 1. The van der Waals surface area contributed by atoms with Crippen molar-refractivity contribution in [2.45, 2.75) is 43.2 Å². The number of thiazole rings is 1. The number of ether oxygens (including phenoxy) is 2. The van der Waals surface area contributed by atoms with Gasteiger partial charge in [0.2, 0.25) is 0 Å². The van der Waals surface area contributed by atoms with Crippen molar-refractivity contribution in [2.24, 2.45) is 5.92 Å². The van der Waals surface area contributed by atoms with Crippen LogP contribution in [0.25, 0.3) is 0 Å². The number of likely N-dealkylation sites (tertiary alicyclic amines) is 1. The molecule has 1 aromatic heterocycles. The number of nitrogens with zero attached hydrogens (tertiary/aromatic N) is 2. The molecule has 3 heterocycles. The van der Waals surface area contributed by atoms with Crippen molar-refractivity contribution in [1.29, 1.82) is 0 Å². The summed E-state index contributed by atoms with van der Waals surface area (Å²) >= 11 is 1.70. The molecule has 2 saturated heterocycles. The van der Waals surface area contributed by atoms with E-state index < -0.39 is 0 Å². The average molecular weight is 384 g/mol. The second kappa shape index (κ2) is 5.69. The van der Waals surface area contributed by atoms with Gasteiger partial charge in [0.1, 0.15) is 5.75 Å². The van der Waals surface area contributed by atoms with Crippen molar-refractivity contribution < 1.29 is 9.47 Å². The van der Waals surface area contributed by atoms with Crippen LogP contribution in [-0.2, 0) is 29.4 Å². The topological polar surface area (TPSA) is 63.9 Å². The second-order valence-electron chi connectivity index (χ2n) is 8.56. The SMILES string of the molecule is COc1ccc2c(c1)[C@]13CCN(CC4CO4)[C@H](C2)[C@@H]1Cc1sc(N)nc1C3. The lowest BCUT2D eigenvalue weighted by molar-refractivity contribution is 0.00463. The van der Waals surface area contributed by atoms with Gasteiger partial charge in [0.05, 0.1) is 25.5 Å². The normalized spacial score (nSPS) is 33.7. The quantitative estimate of drug-likeness (QED) is 0.825. The predicted molar refractivity (Wildman–Crippen MR) is 106 cm³/mol. The van der Waals surface area contributed by atoms with E-state index in [0.717, 1.165) is 49.8 Å². The Morgan fingerprint density at radius 2 is 2.30 bits per heavy atom. The van der Waals surface area contributed by atoms with Gasteiger partial charge < -0.3 is 15.2 Å². The molecule has 2 aromatic rings. The van der Waals surface area contributed by atoms with Crippen molar-refractivity contribution in [2.75, 3.05) is 32.5 Å². The summed E-state index contributed by atoms with van der Waals surface area (Å²) in [6.07, 6.45) is 4.88. The van der Waals surface area contributed by atoms with Crippen LogP contribution in [0.3, 0.4) is 0 Å². The minimum atomic E-state index is 0.168. The summed E-state index contributed by atoms with van der Waals surface area (Å²) in [6.45, 7) is 3.16. The van der Waals surface area contributed by atoms with E-state index in [2.05, 4.69) is 23.1 Å². The molecule has 6 rings (SSSR count). The summed E-state index contributed by atoms with van der Waals surface area (Å²) in [5, 5.41) is 0.721. The Bertz CT molecular complexity index is 909. The molecule has 1 unspecified atom stereocenters. The summed E-state index contributed by atoms with van der Waals surface area (Å²) in [7, 11) is 1.76. The summed E-state index contributed by atoms with van der Waals surface area (Å²) in [5.74, 6) is 1.59. The van der Waals surface area contributed by atoms with Gasteiger partial charge >= 0.3 is 0 Å². The molecule has 0 saturated carbocycles. The van der Waals surface area contributed by atoms with Gasteiger partial charge in [-0.2, -0.15) is 0 Å². The Morgan fingerprint density at radius 3 is 3.11 bits per heavy atom. The van der Waals surface area contributed by atoms with Crippen LogP contribution in [0.2, 0.25) is 0 Å². The Balaban J connectivity index is 1.49. The Hall–Kier alpha value is -1.63. The minimum Gasteiger partial charge on any atom is -0.497 e. The van der Waals surface area contributed by atoms with Gasteiger partial charge in [0, 0.05) is 29.3 Å². The highest BCUT2D eigenvalue weighted by Gasteiger charge is 2.56. The lowest BCUT2D eigenvalue weighted by Gasteiger charge is -2.58. The van der Waals surface area contributed by atoms with Gasteiger partial charge in [-0.15, -0.1) is 11.3 Å². The number of fused-ring (bicyclic) bond motifs is 2. The number of rotatable bonds is 3. The van der Waals surface area contributed by atoms with E-state index in [9.17, 15) is 0 Å². The van der Waals surface area contributed by atoms with Gasteiger partial charge in [0.25, 0.3) is 0 Å². The molecule has 6 heteroatoms. The Morgan fingerprint density at radius 1 is 1.41 bits per heavy atom. The maximum Gasteiger partial charge on any atom is 0.180 e. The van der Waals surface area contributed by atoms with Crippen LogP contribution in [0, 0.1) is 5.92 Å². The lowest BCUT2D eigenvalue weighted by atomic mass is 9.53. The first-order chi connectivity index (χ1) is 13.2. The molecule has 142 valence electrons. The van der Waals surface area contributed by atoms with E-state index in [1.54, 1.807) is 18.4 Å². The molecule has 27 heavy (non-hydrogen) atoms. The van der Waals surface area contributed by atoms with Crippen LogP contribution in [0.5, 0.6) is 5.75 Å². The molecule has 2 aliphatic carbocycles. The summed E-state index contributed by atoms with van der Waals surface area (Å²) in [6, 6.07) is 7.30. The van der Waals surface area contributed by atoms with Crippen LogP contribution >= 0.6 is 11.3 Å². The van der Waals surface area contributed by atoms with Gasteiger partial charge in [-0.1, -0.05) is 6.07 Å². The molecule has 0 spiro atoms. The van der Waals surface area contributed by atoms with Crippen LogP contribution in [0.15, 0.2) is 18.2 Å². The summed E-state index contributed by atoms with van der Waals surface area (Å²) < 4.78 is 11.1. The smallest absolute Gasteiger partial charge is 0.180 e. The van der Waals surface area contributed by atoms with E-state index in [1.165, 1.54) is 28.1 Å². The van der Waals surface area contributed by atoms with Crippen molar-refractivity contribution >= 4 is 16.5 Å². The Labute approximate surface area is 163 Å². The number of epoxide rings is 1. The average Bonchev–Trinajstić information content (AvgIpc) is 3.41. The molecule has 1 aromatic carbocycles. The van der Waals surface area contributed by atoms with Gasteiger partial charge in [-0.3, -0.25) is 4.90 Å². The highest BCUT2D eigenvalue weighted by Crippen LogP contribution is 2.55. The maximum atomic E-state index is 6.08. The molecule has 4 atom stereocenters. The molecule has 5 nitrogen and oxygen atoms in total. The van der Waals surface area contributed by atoms with Gasteiger partial charge in [0.15, 0.2) is 5.13 Å². The molecule has 2 aliphatic heterocycles. The van der Waals surface area contributed by atoms with Crippen LogP contribution in [-0.4, -0.2) is 48.8 Å². The molecular weight excluding hydrogens is 358 g/mol. The molecule has 2 N–H and O–H groups in total. The van der Waals surface area contributed by atoms with Crippen molar-refractivity contribution in [1.82, 2.24) is 9.88 Å². The molecule has 0 amide bonds. The van der Waals surface area contributed by atoms with E-state index in [0.29, 0.717) is 18.1 Å². The highest BCUT2D eigenvalue weighted by molar-refractivity contribution is 7.15. The number of benzene rings is 1. The molecular formula is C21H25N3O2S. The van der Waals surface area contributed by atoms with Crippen molar-refractivity contribution in [3.63, 3.8) is 0 Å². The first kappa shape index (κ1) is 16.3. The van der Waals surface area contributed by atoms with E-state index in [-0.39, 0.29) is 5.41 Å². The number of hydrogen-bond donors (Lipinski definition) is 1. The summed E-state index contributed by atoms with van der Waals surface area (Å²) in [4.78, 5) is 8.83. The third-order valence-electron chi connectivity index (χ3n) is 7.29. The number of anilines is 1. The second-order valence-corrected chi connectivity index (χ2v) is 9.68. The largest absolute Gasteiger partial charge is 0.497 e. The first-order valence-corrected chi connectivity index (χ1v) is 10.7. The molecule has 2 bridgehead atoms. The first-order valence-electron chi connectivity index (χ1n) is 9.93. The molecule has 4 aliphatic rings. The van der Waals surface area contributed by atoms with Crippen molar-refractivity contribution in [3.05, 3.63) is 39.9 Å². The molecule has 0 radical (unpaired) electrons. The zero-order valence-corrected chi connectivity index (χ0v) is 16.4. The van der Waals surface area contributed by atoms with Crippen molar-refractivity contribution in [3.8, 4) is 5.75 Å². The number of nitrogen functional groups attached to an aromatic ring is 1. The minimum absolute atomic E-state index is 0.168. The zero-order valence-electron chi connectivity index (χ0n) is 15.6. The van der Waals surface area contributed by atoms with Crippen LogP contribution < -0.4 is 10.5 Å². The number of hydrogen-bond acceptors (Lipinski definition) is 6. The lowest BCUT2D eigenvalue weighted by Crippen LogP contribution is -2.63. The van der Waals surface area contributed by atoms with Crippen LogP contribution in [0.1, 0.15) is 28.1 Å². The van der Waals surface area contributed by atoms with E-state index in [1.807, 2.05) is 0 Å². The van der Waals surface area contributed by atoms with Gasteiger partial charge in [-0.25, -0.2) is 4.98 Å². The predicted octanol–water partition coefficient (Wildman–Crippen LogP) is 2.42. The van der Waals surface area contributed by atoms with Gasteiger partial charge in [-0.05, 0) is 55.0 Å².